The van der Waals surface area contributed by atoms with E-state index in [0.717, 1.165) is 61.5 Å². The summed E-state index contributed by atoms with van der Waals surface area (Å²) in [4.78, 5) is 43.7. The number of rotatable bonds is 5. The molecule has 2 fully saturated rings. The molecule has 2 N–H and O–H groups in total. The number of likely N-dealkylation sites (tertiary alicyclic amines) is 1. The Labute approximate surface area is 196 Å². The number of fused-ring (bicyclic) bond motifs is 1. The second-order valence-corrected chi connectivity index (χ2v) is 8.93. The molecule has 0 unspecified atom stereocenters. The van der Waals surface area contributed by atoms with Gasteiger partial charge in [0.05, 0.1) is 16.6 Å². The molecule has 34 heavy (non-hydrogen) atoms. The summed E-state index contributed by atoms with van der Waals surface area (Å²) >= 11 is 0. The molecule has 2 aliphatic rings. The summed E-state index contributed by atoms with van der Waals surface area (Å²) in [6.45, 7) is 1.63. The summed E-state index contributed by atoms with van der Waals surface area (Å²) in [7, 11) is 0. The molecular formula is C26H24N6O2. The van der Waals surface area contributed by atoms with E-state index in [-0.39, 0.29) is 11.5 Å². The van der Waals surface area contributed by atoms with Crippen LogP contribution in [0.2, 0.25) is 0 Å². The zero-order valence-electron chi connectivity index (χ0n) is 18.6. The highest BCUT2D eigenvalue weighted by Gasteiger charge is 2.26. The van der Waals surface area contributed by atoms with Gasteiger partial charge in [0.1, 0.15) is 5.82 Å². The highest BCUT2D eigenvalue weighted by Crippen LogP contribution is 2.38. The molecule has 1 saturated carbocycles. The van der Waals surface area contributed by atoms with E-state index in [9.17, 15) is 9.59 Å². The number of nitrogens with one attached hydrogen (secondary N) is 2. The van der Waals surface area contributed by atoms with Crippen LogP contribution in [0.3, 0.4) is 0 Å². The molecule has 6 rings (SSSR count). The van der Waals surface area contributed by atoms with Crippen molar-refractivity contribution in [2.45, 2.75) is 31.6 Å². The molecule has 4 aromatic rings. The molecule has 8 heteroatoms. The topological polar surface area (TPSA) is 104 Å². The van der Waals surface area contributed by atoms with E-state index in [1.165, 1.54) is 0 Å². The van der Waals surface area contributed by atoms with Gasteiger partial charge in [0.2, 0.25) is 5.95 Å². The number of carbonyl (C=O) groups excluding carboxylic acids is 1. The largest absolute Gasteiger partial charge is 0.339 e. The van der Waals surface area contributed by atoms with Gasteiger partial charge >= 0.3 is 0 Å². The molecule has 1 aliphatic carbocycles. The second-order valence-electron chi connectivity index (χ2n) is 8.93. The fourth-order valence-corrected chi connectivity index (χ4v) is 4.41. The minimum atomic E-state index is -0.105. The number of benzene rings is 2. The van der Waals surface area contributed by atoms with Gasteiger partial charge in [0.15, 0.2) is 0 Å². The van der Waals surface area contributed by atoms with Crippen molar-refractivity contribution in [3.8, 4) is 11.3 Å². The van der Waals surface area contributed by atoms with E-state index in [4.69, 9.17) is 0 Å². The van der Waals surface area contributed by atoms with E-state index >= 15 is 0 Å². The average Bonchev–Trinajstić information content (AvgIpc) is 3.57. The third-order valence-corrected chi connectivity index (χ3v) is 6.40. The van der Waals surface area contributed by atoms with Crippen LogP contribution in [0, 0.1) is 0 Å². The van der Waals surface area contributed by atoms with Crippen LogP contribution >= 0.6 is 0 Å². The predicted molar refractivity (Wildman–Crippen MR) is 130 cm³/mol. The second kappa shape index (κ2) is 8.37. The fourth-order valence-electron chi connectivity index (χ4n) is 4.41. The van der Waals surface area contributed by atoms with E-state index in [0.29, 0.717) is 28.3 Å². The Hall–Kier alpha value is -4.07. The van der Waals surface area contributed by atoms with Gasteiger partial charge in [-0.3, -0.25) is 9.59 Å². The maximum atomic E-state index is 12.7. The average molecular weight is 453 g/mol. The van der Waals surface area contributed by atoms with E-state index in [2.05, 4.69) is 25.3 Å². The van der Waals surface area contributed by atoms with Gasteiger partial charge in [-0.05, 0) is 62.1 Å². The number of aromatic nitrogens is 4. The zero-order chi connectivity index (χ0) is 23.1. The summed E-state index contributed by atoms with van der Waals surface area (Å²) in [6, 6.07) is 14.8. The van der Waals surface area contributed by atoms with Crippen LogP contribution in [0.1, 0.15) is 47.8 Å². The van der Waals surface area contributed by atoms with Gasteiger partial charge in [-0.15, -0.1) is 0 Å². The molecular weight excluding hydrogens is 428 g/mol. The normalized spacial score (nSPS) is 15.6. The molecule has 2 aromatic carbocycles. The van der Waals surface area contributed by atoms with Crippen LogP contribution in [0.15, 0.2) is 59.5 Å². The predicted octanol–water partition coefficient (Wildman–Crippen LogP) is 4.24. The number of carbonyl (C=O) groups is 1. The standard InChI is InChI=1S/C26H24N6O2/c33-24-20-9-8-17(15-22(20)29-23(31-24)16-6-7-16)21-10-11-27-26(30-21)28-19-5-3-4-18(14-19)25(34)32-12-1-2-13-32/h3-5,8-11,14-16H,1-2,6-7,12-13H2,(H,27,28,30)(H,29,31,33). The third-order valence-electron chi connectivity index (χ3n) is 6.40. The Morgan fingerprint density at radius 3 is 2.71 bits per heavy atom. The van der Waals surface area contributed by atoms with E-state index in [1.807, 2.05) is 47.4 Å². The van der Waals surface area contributed by atoms with E-state index in [1.54, 1.807) is 12.3 Å². The molecule has 8 nitrogen and oxygen atoms in total. The number of H-pyrrole nitrogens is 1. The molecule has 170 valence electrons. The first-order valence-electron chi connectivity index (χ1n) is 11.7. The van der Waals surface area contributed by atoms with Gasteiger partial charge in [0, 0.05) is 42.0 Å². The molecule has 3 heterocycles. The Bertz CT molecular complexity index is 1450. The Morgan fingerprint density at radius 1 is 1.03 bits per heavy atom. The van der Waals surface area contributed by atoms with Crippen LogP contribution < -0.4 is 10.9 Å². The molecule has 1 aliphatic heterocycles. The first-order valence-corrected chi connectivity index (χ1v) is 11.7. The SMILES string of the molecule is O=C(c1cccc(Nc2nccc(-c3ccc4c(=O)[nH]c(C5CC5)nc4c3)n2)c1)N1CCCC1. The summed E-state index contributed by atoms with van der Waals surface area (Å²) < 4.78 is 0. The lowest BCUT2D eigenvalue weighted by Crippen LogP contribution is -2.27. The van der Waals surface area contributed by atoms with Crippen LogP contribution in [0.4, 0.5) is 11.6 Å². The highest BCUT2D eigenvalue weighted by molar-refractivity contribution is 5.95. The monoisotopic (exact) mass is 452 g/mol. The minimum absolute atomic E-state index is 0.0556. The number of hydrogen-bond donors (Lipinski definition) is 2. The third kappa shape index (κ3) is 4.03. The Kier molecular flexibility index (Phi) is 5.05. The summed E-state index contributed by atoms with van der Waals surface area (Å²) in [6.07, 6.45) is 5.95. The van der Waals surface area contributed by atoms with Crippen LogP contribution in [0.5, 0.6) is 0 Å². The molecule has 1 saturated heterocycles. The van der Waals surface area contributed by atoms with Gasteiger partial charge < -0.3 is 15.2 Å². The van der Waals surface area contributed by atoms with Crippen LogP contribution in [-0.2, 0) is 0 Å². The number of aromatic amines is 1. The summed E-state index contributed by atoms with van der Waals surface area (Å²) in [5.41, 5.74) is 3.55. The van der Waals surface area contributed by atoms with Crippen molar-refractivity contribution < 1.29 is 4.79 Å². The molecule has 2 aromatic heterocycles. The molecule has 0 atom stereocenters. The van der Waals surface area contributed by atoms with Crippen molar-refractivity contribution in [3.63, 3.8) is 0 Å². The maximum Gasteiger partial charge on any atom is 0.258 e. The van der Waals surface area contributed by atoms with Crippen molar-refractivity contribution in [2.75, 3.05) is 18.4 Å². The Balaban J connectivity index is 1.27. The van der Waals surface area contributed by atoms with Gasteiger partial charge in [0.25, 0.3) is 11.5 Å². The van der Waals surface area contributed by atoms with Crippen molar-refractivity contribution in [1.29, 1.82) is 0 Å². The van der Waals surface area contributed by atoms with Gasteiger partial charge in [-0.1, -0.05) is 12.1 Å². The van der Waals surface area contributed by atoms with Crippen molar-refractivity contribution >= 4 is 28.4 Å². The summed E-state index contributed by atoms with van der Waals surface area (Å²) in [5, 5.41) is 3.78. The molecule has 0 bridgehead atoms. The number of amides is 1. The fraction of sp³-hybridized carbons (Fsp3) is 0.269. The van der Waals surface area contributed by atoms with Gasteiger partial charge in [-0.25, -0.2) is 15.0 Å². The lowest BCUT2D eigenvalue weighted by atomic mass is 10.1. The van der Waals surface area contributed by atoms with Crippen molar-refractivity contribution in [3.05, 3.63) is 76.5 Å². The molecule has 0 spiro atoms. The lowest BCUT2D eigenvalue weighted by molar-refractivity contribution is 0.0793. The minimum Gasteiger partial charge on any atom is -0.339 e. The number of hydrogen-bond acceptors (Lipinski definition) is 6. The quantitative estimate of drug-likeness (QED) is 0.469. The van der Waals surface area contributed by atoms with Crippen molar-refractivity contribution in [2.24, 2.45) is 0 Å². The number of anilines is 2. The molecule has 0 radical (unpaired) electrons. The maximum absolute atomic E-state index is 12.7. The van der Waals surface area contributed by atoms with Crippen molar-refractivity contribution in [1.82, 2.24) is 24.8 Å². The number of nitrogens with zero attached hydrogens (tertiary/aromatic N) is 4. The van der Waals surface area contributed by atoms with Crippen LogP contribution in [-0.4, -0.2) is 43.8 Å². The first kappa shape index (κ1) is 20.5. The highest BCUT2D eigenvalue weighted by atomic mass is 16.2. The summed E-state index contributed by atoms with van der Waals surface area (Å²) in [5.74, 6) is 1.62. The Morgan fingerprint density at radius 2 is 1.88 bits per heavy atom. The smallest absolute Gasteiger partial charge is 0.258 e. The van der Waals surface area contributed by atoms with Gasteiger partial charge in [-0.2, -0.15) is 0 Å². The zero-order valence-corrected chi connectivity index (χ0v) is 18.6. The lowest BCUT2D eigenvalue weighted by Gasteiger charge is -2.16. The first-order chi connectivity index (χ1) is 16.6. The van der Waals surface area contributed by atoms with E-state index < -0.39 is 0 Å². The van der Waals surface area contributed by atoms with Crippen LogP contribution in [0.25, 0.3) is 22.2 Å². The molecule has 1 amide bonds.